The molecule has 41 heavy (non-hydrogen) atoms. The number of pyridine rings is 1. The lowest BCUT2D eigenvalue weighted by Gasteiger charge is -2.15. The van der Waals surface area contributed by atoms with Gasteiger partial charge in [0.25, 0.3) is 5.91 Å². The number of anilines is 1. The number of nitrogens with one attached hydrogen (secondary N) is 3. The first kappa shape index (κ1) is 27.5. The number of hydrogen-bond acceptors (Lipinski definition) is 5. The second-order valence-electron chi connectivity index (χ2n) is 9.76. The first-order valence-corrected chi connectivity index (χ1v) is 13.0. The number of carboxylic acids is 1. The molecule has 1 amide bonds. The van der Waals surface area contributed by atoms with Crippen molar-refractivity contribution in [3.05, 3.63) is 105 Å². The van der Waals surface area contributed by atoms with Crippen molar-refractivity contribution in [3.63, 3.8) is 0 Å². The normalized spacial score (nSPS) is 12.0. The summed E-state index contributed by atoms with van der Waals surface area (Å²) in [5.41, 5.74) is 0.737. The number of rotatable bonds is 10. The van der Waals surface area contributed by atoms with Crippen LogP contribution in [0.4, 0.5) is 14.7 Å². The van der Waals surface area contributed by atoms with Gasteiger partial charge in [0.2, 0.25) is 11.4 Å². The summed E-state index contributed by atoms with van der Waals surface area (Å²) < 4.78 is 31.9. The summed E-state index contributed by atoms with van der Waals surface area (Å²) in [5, 5.41) is 14.7. The fourth-order valence-corrected chi connectivity index (χ4v) is 4.77. The predicted octanol–water partition coefficient (Wildman–Crippen LogP) is 4.37. The van der Waals surface area contributed by atoms with Crippen LogP contribution in [-0.4, -0.2) is 38.1 Å². The first-order valence-electron chi connectivity index (χ1n) is 13.0. The average Bonchev–Trinajstić information content (AvgIpc) is 3.37. The number of carbonyl (C=O) groups excluding carboxylic acids is 1. The molecule has 4 N–H and O–H groups in total. The zero-order valence-electron chi connectivity index (χ0n) is 22.1. The zero-order valence-corrected chi connectivity index (χ0v) is 22.1. The summed E-state index contributed by atoms with van der Waals surface area (Å²) in [7, 11) is 1.44. The van der Waals surface area contributed by atoms with Crippen molar-refractivity contribution in [3.8, 4) is 0 Å². The van der Waals surface area contributed by atoms with Gasteiger partial charge in [-0.15, -0.1) is 0 Å². The summed E-state index contributed by atoms with van der Waals surface area (Å²) in [4.78, 5) is 45.2. The molecule has 0 aliphatic heterocycles. The number of halogens is 2. The minimum absolute atomic E-state index is 0.166. The maximum atomic E-state index is 15.5. The van der Waals surface area contributed by atoms with E-state index in [1.165, 1.54) is 11.6 Å². The number of benzene rings is 3. The molecule has 210 valence electrons. The topological polar surface area (TPSA) is 129 Å². The number of aliphatic carboxylic acids is 1. The molecule has 11 heteroatoms. The fourth-order valence-electron chi connectivity index (χ4n) is 4.77. The van der Waals surface area contributed by atoms with E-state index in [-0.39, 0.29) is 41.5 Å². The Labute approximate surface area is 232 Å². The number of carboxylic acid groups (broad SMARTS) is 1. The molecule has 3 aromatic carbocycles. The van der Waals surface area contributed by atoms with E-state index in [4.69, 9.17) is 0 Å². The van der Waals surface area contributed by atoms with E-state index < -0.39 is 34.9 Å². The third kappa shape index (κ3) is 5.79. The first-order chi connectivity index (χ1) is 19.7. The number of nitrogens with zero attached hydrogens (tertiary/aromatic N) is 2. The maximum absolute atomic E-state index is 15.5. The van der Waals surface area contributed by atoms with Crippen LogP contribution in [0.25, 0.3) is 21.9 Å². The van der Waals surface area contributed by atoms with Crippen molar-refractivity contribution in [2.24, 2.45) is 13.0 Å². The summed E-state index contributed by atoms with van der Waals surface area (Å²) in [6.45, 7) is -0.458. The number of aromatic amines is 1. The third-order valence-electron chi connectivity index (χ3n) is 7.00. The van der Waals surface area contributed by atoms with Gasteiger partial charge in [-0.05, 0) is 36.6 Å². The summed E-state index contributed by atoms with van der Waals surface area (Å²) in [6.07, 6.45) is 1.94. The van der Waals surface area contributed by atoms with Crippen molar-refractivity contribution in [2.45, 2.75) is 19.4 Å². The highest BCUT2D eigenvalue weighted by atomic mass is 19.1. The fraction of sp³-hybridized carbons (Fsp3) is 0.200. The van der Waals surface area contributed by atoms with E-state index in [1.54, 1.807) is 6.07 Å². The molecule has 0 bridgehead atoms. The Hall–Kier alpha value is -5.06. The molecule has 0 saturated carbocycles. The van der Waals surface area contributed by atoms with Crippen LogP contribution in [0, 0.1) is 17.6 Å². The molecule has 5 aromatic rings. The number of H-pyrrole nitrogens is 1. The van der Waals surface area contributed by atoms with Crippen LogP contribution in [0.3, 0.4) is 0 Å². The lowest BCUT2D eigenvalue weighted by Crippen LogP contribution is -2.36. The Morgan fingerprint density at radius 2 is 1.83 bits per heavy atom. The molecule has 9 nitrogen and oxygen atoms in total. The third-order valence-corrected chi connectivity index (χ3v) is 7.00. The lowest BCUT2D eigenvalue weighted by atomic mass is 9.99. The molecule has 0 spiro atoms. The number of para-hydroxylation sites is 2. The maximum Gasteiger partial charge on any atom is 0.308 e. The van der Waals surface area contributed by atoms with E-state index in [1.807, 2.05) is 48.5 Å². The highest BCUT2D eigenvalue weighted by Gasteiger charge is 2.23. The molecule has 0 aliphatic carbocycles. The number of hydrogen-bond donors (Lipinski definition) is 4. The van der Waals surface area contributed by atoms with E-state index >= 15 is 8.78 Å². The minimum atomic E-state index is -1.08. The number of fused-ring (bicyclic) bond motifs is 2. The van der Waals surface area contributed by atoms with Gasteiger partial charge in [0, 0.05) is 31.9 Å². The Bertz CT molecular complexity index is 1780. The van der Waals surface area contributed by atoms with Gasteiger partial charge in [0.05, 0.1) is 27.9 Å². The van der Waals surface area contributed by atoms with Gasteiger partial charge in [-0.3, -0.25) is 14.4 Å². The number of carbonyl (C=O) groups is 2. The Kier molecular flexibility index (Phi) is 7.77. The van der Waals surface area contributed by atoms with E-state index in [2.05, 4.69) is 20.6 Å². The summed E-state index contributed by atoms with van der Waals surface area (Å²) >= 11 is 0. The van der Waals surface area contributed by atoms with E-state index in [0.29, 0.717) is 17.9 Å². The number of amides is 1. The van der Waals surface area contributed by atoms with Crippen molar-refractivity contribution in [1.82, 2.24) is 19.9 Å². The Balaban J connectivity index is 1.34. The summed E-state index contributed by atoms with van der Waals surface area (Å²) in [5.74, 6) is -4.37. The van der Waals surface area contributed by atoms with Crippen LogP contribution in [0.1, 0.15) is 27.9 Å². The van der Waals surface area contributed by atoms with Crippen molar-refractivity contribution < 1.29 is 23.5 Å². The van der Waals surface area contributed by atoms with E-state index in [0.717, 1.165) is 23.3 Å². The van der Waals surface area contributed by atoms with Crippen LogP contribution >= 0.6 is 0 Å². The number of imidazole rings is 1. The summed E-state index contributed by atoms with van der Waals surface area (Å²) in [6, 6.07) is 17.5. The van der Waals surface area contributed by atoms with Crippen LogP contribution in [0.2, 0.25) is 0 Å². The van der Waals surface area contributed by atoms with Crippen molar-refractivity contribution >= 4 is 39.8 Å². The van der Waals surface area contributed by atoms with Gasteiger partial charge >= 0.3 is 5.97 Å². The molecule has 0 saturated heterocycles. The van der Waals surface area contributed by atoms with Crippen LogP contribution in [0.15, 0.2) is 71.7 Å². The van der Waals surface area contributed by atoms with E-state index in [9.17, 15) is 19.5 Å². The molecule has 0 aliphatic rings. The predicted molar refractivity (Wildman–Crippen MR) is 151 cm³/mol. The van der Waals surface area contributed by atoms with Gasteiger partial charge < -0.3 is 25.3 Å². The second-order valence-corrected chi connectivity index (χ2v) is 9.76. The zero-order chi connectivity index (χ0) is 29.1. The van der Waals surface area contributed by atoms with Gasteiger partial charge in [-0.25, -0.2) is 13.8 Å². The molecule has 5 rings (SSSR count). The standard InChI is InChI=1S/C30H27F2N5O4/c1-37-16-21(28(39)33-14-18(29(40)41)12-11-17-7-3-2-4-8-17)27(38)19-13-22(31)20(25(32)26(19)37)15-34-30-35-23-9-5-6-10-24(23)36-30/h2-10,13,16,18H,11-12,14-15H2,1H3,(H,33,39)(H,40,41)(H2,34,35,36). The smallest absolute Gasteiger partial charge is 0.308 e. The number of aryl methyl sites for hydroxylation is 2. The Morgan fingerprint density at radius 1 is 1.10 bits per heavy atom. The lowest BCUT2D eigenvalue weighted by molar-refractivity contribution is -0.141. The van der Waals surface area contributed by atoms with Gasteiger partial charge in [-0.2, -0.15) is 0 Å². The molecule has 0 fully saturated rings. The minimum Gasteiger partial charge on any atom is -0.481 e. The molecule has 2 heterocycles. The highest BCUT2D eigenvalue weighted by Crippen LogP contribution is 2.24. The molecule has 1 unspecified atom stereocenters. The van der Waals surface area contributed by atoms with Gasteiger partial charge in [0.1, 0.15) is 11.4 Å². The van der Waals surface area contributed by atoms with Crippen molar-refractivity contribution in [1.29, 1.82) is 0 Å². The van der Waals surface area contributed by atoms with Crippen LogP contribution < -0.4 is 16.1 Å². The van der Waals surface area contributed by atoms with Gasteiger partial charge in [0.15, 0.2) is 5.82 Å². The van der Waals surface area contributed by atoms with Gasteiger partial charge in [-0.1, -0.05) is 42.5 Å². The largest absolute Gasteiger partial charge is 0.481 e. The molecule has 0 radical (unpaired) electrons. The van der Waals surface area contributed by atoms with Crippen LogP contribution in [0.5, 0.6) is 0 Å². The Morgan fingerprint density at radius 3 is 2.56 bits per heavy atom. The monoisotopic (exact) mass is 559 g/mol. The molecular weight excluding hydrogens is 532 g/mol. The average molecular weight is 560 g/mol. The molecular formula is C30H27F2N5O4. The number of aromatic nitrogens is 3. The SMILES string of the molecule is Cn1cc(C(=O)NCC(CCc2ccccc2)C(=O)O)c(=O)c2cc(F)c(CNc3nc4ccccc4[nH]3)c(F)c21. The van der Waals surface area contributed by atoms with Crippen molar-refractivity contribution in [2.75, 3.05) is 11.9 Å². The quantitative estimate of drug-likeness (QED) is 0.201. The molecule has 1 atom stereocenters. The molecule has 2 aromatic heterocycles. The highest BCUT2D eigenvalue weighted by molar-refractivity contribution is 5.97. The van der Waals surface area contributed by atoms with Crippen LogP contribution in [-0.2, 0) is 24.8 Å². The second kappa shape index (κ2) is 11.6.